The predicted octanol–water partition coefficient (Wildman–Crippen LogP) is 5.33. The number of anilines is 3. The van der Waals surface area contributed by atoms with Crippen LogP contribution in [0.25, 0.3) is 0 Å². The molecule has 0 unspecified atom stereocenters. The average Bonchev–Trinajstić information content (AvgIpc) is 3.44. The van der Waals surface area contributed by atoms with Crippen LogP contribution in [0.2, 0.25) is 0 Å². The van der Waals surface area contributed by atoms with Crippen LogP contribution in [0.15, 0.2) is 52.7 Å². The fourth-order valence-electron chi connectivity index (χ4n) is 4.33. The highest BCUT2D eigenvalue weighted by atomic mass is 32.2. The van der Waals surface area contributed by atoms with Crippen molar-refractivity contribution in [3.63, 3.8) is 0 Å². The number of carbonyl (C=O) groups excluding carboxylic acids is 1. The Morgan fingerprint density at radius 2 is 1.69 bits per heavy atom. The lowest BCUT2D eigenvalue weighted by molar-refractivity contribution is 0.103. The number of rotatable bonds is 6. The van der Waals surface area contributed by atoms with Crippen LogP contribution in [0.4, 0.5) is 17.1 Å². The minimum atomic E-state index is -3.78. The van der Waals surface area contributed by atoms with Crippen LogP contribution in [-0.2, 0) is 10.0 Å². The summed E-state index contributed by atoms with van der Waals surface area (Å²) in [6, 6.07) is 11.8. The molecule has 0 radical (unpaired) electrons. The Bertz CT molecular complexity index is 1240. The smallest absolute Gasteiger partial charge is 0.267 e. The van der Waals surface area contributed by atoms with Crippen molar-refractivity contribution in [2.45, 2.75) is 38.5 Å². The second kappa shape index (κ2) is 8.96. The minimum absolute atomic E-state index is 0.151. The Kier molecular flexibility index (Phi) is 6.26. The SMILES string of the molecule is Cc1cc(C)c(N2CCCC2)c(C)c1NC(=O)c1sccc1NS(=O)(=O)c1ccccc1. The molecule has 2 N–H and O–H groups in total. The van der Waals surface area contributed by atoms with E-state index in [0.717, 1.165) is 29.9 Å². The largest absolute Gasteiger partial charge is 0.371 e. The Labute approximate surface area is 193 Å². The number of hydrogen-bond donors (Lipinski definition) is 2. The first kappa shape index (κ1) is 22.4. The molecule has 1 amide bonds. The molecular formula is C24H27N3O3S2. The van der Waals surface area contributed by atoms with Crippen LogP contribution >= 0.6 is 11.3 Å². The maximum Gasteiger partial charge on any atom is 0.267 e. The van der Waals surface area contributed by atoms with Crippen LogP contribution in [-0.4, -0.2) is 27.4 Å². The highest BCUT2D eigenvalue weighted by Gasteiger charge is 2.23. The van der Waals surface area contributed by atoms with Gasteiger partial charge >= 0.3 is 0 Å². The summed E-state index contributed by atoms with van der Waals surface area (Å²) in [7, 11) is -3.78. The summed E-state index contributed by atoms with van der Waals surface area (Å²) in [5.41, 5.74) is 5.47. The molecule has 168 valence electrons. The van der Waals surface area contributed by atoms with E-state index in [9.17, 15) is 13.2 Å². The fourth-order valence-corrected chi connectivity index (χ4v) is 6.24. The van der Waals surface area contributed by atoms with Gasteiger partial charge in [0.25, 0.3) is 15.9 Å². The first-order chi connectivity index (χ1) is 15.3. The number of amides is 1. The van der Waals surface area contributed by atoms with E-state index in [0.29, 0.717) is 4.88 Å². The Morgan fingerprint density at radius 1 is 1.00 bits per heavy atom. The highest BCUT2D eigenvalue weighted by molar-refractivity contribution is 7.92. The van der Waals surface area contributed by atoms with Gasteiger partial charge in [0.05, 0.1) is 10.6 Å². The van der Waals surface area contributed by atoms with Gasteiger partial charge in [0.1, 0.15) is 4.88 Å². The molecule has 8 heteroatoms. The maximum atomic E-state index is 13.2. The summed E-state index contributed by atoms with van der Waals surface area (Å²) in [6.45, 7) is 8.17. The van der Waals surface area contributed by atoms with Gasteiger partial charge in [0.15, 0.2) is 0 Å². The van der Waals surface area contributed by atoms with Crippen LogP contribution in [0.1, 0.15) is 39.2 Å². The van der Waals surface area contributed by atoms with E-state index in [1.807, 2.05) is 13.8 Å². The van der Waals surface area contributed by atoms with E-state index < -0.39 is 10.0 Å². The zero-order chi connectivity index (χ0) is 22.9. The van der Waals surface area contributed by atoms with Gasteiger partial charge in [-0.05, 0) is 73.9 Å². The predicted molar refractivity (Wildman–Crippen MR) is 132 cm³/mol. The summed E-state index contributed by atoms with van der Waals surface area (Å²) >= 11 is 1.21. The second-order valence-electron chi connectivity index (χ2n) is 8.09. The zero-order valence-corrected chi connectivity index (χ0v) is 20.1. The van der Waals surface area contributed by atoms with E-state index in [2.05, 4.69) is 27.9 Å². The van der Waals surface area contributed by atoms with E-state index in [4.69, 9.17) is 0 Å². The van der Waals surface area contributed by atoms with Crippen molar-refractivity contribution >= 4 is 44.3 Å². The summed E-state index contributed by atoms with van der Waals surface area (Å²) in [4.78, 5) is 16.0. The first-order valence-corrected chi connectivity index (χ1v) is 13.0. The fraction of sp³-hybridized carbons (Fsp3) is 0.292. The number of nitrogens with zero attached hydrogens (tertiary/aromatic N) is 1. The van der Waals surface area contributed by atoms with Crippen molar-refractivity contribution in [1.82, 2.24) is 0 Å². The van der Waals surface area contributed by atoms with E-state index in [1.165, 1.54) is 47.6 Å². The number of sulfonamides is 1. The molecule has 1 fully saturated rings. The molecule has 0 aliphatic carbocycles. The van der Waals surface area contributed by atoms with Crippen molar-refractivity contribution < 1.29 is 13.2 Å². The van der Waals surface area contributed by atoms with Gasteiger partial charge in [-0.1, -0.05) is 24.3 Å². The van der Waals surface area contributed by atoms with Gasteiger partial charge in [-0.25, -0.2) is 8.42 Å². The number of aryl methyl sites for hydroxylation is 2. The Morgan fingerprint density at radius 3 is 2.38 bits per heavy atom. The minimum Gasteiger partial charge on any atom is -0.371 e. The Balaban J connectivity index is 1.61. The zero-order valence-electron chi connectivity index (χ0n) is 18.4. The lowest BCUT2D eigenvalue weighted by Crippen LogP contribution is -2.22. The normalized spacial score (nSPS) is 13.9. The molecule has 2 heterocycles. The van der Waals surface area contributed by atoms with Crippen LogP contribution in [0, 0.1) is 20.8 Å². The molecule has 0 spiro atoms. The Hall–Kier alpha value is -2.84. The van der Waals surface area contributed by atoms with Gasteiger partial charge in [-0.2, -0.15) is 0 Å². The molecule has 3 aromatic rings. The van der Waals surface area contributed by atoms with Crippen molar-refractivity contribution in [1.29, 1.82) is 0 Å². The summed E-state index contributed by atoms with van der Waals surface area (Å²) in [5.74, 6) is -0.326. The lowest BCUT2D eigenvalue weighted by atomic mass is 10.0. The van der Waals surface area contributed by atoms with E-state index in [-0.39, 0.29) is 16.5 Å². The molecule has 1 saturated heterocycles. The van der Waals surface area contributed by atoms with Gasteiger partial charge in [-0.15, -0.1) is 11.3 Å². The van der Waals surface area contributed by atoms with Crippen molar-refractivity contribution in [3.8, 4) is 0 Å². The van der Waals surface area contributed by atoms with Gasteiger partial charge in [0, 0.05) is 24.5 Å². The molecule has 0 atom stereocenters. The van der Waals surface area contributed by atoms with Gasteiger partial charge in [-0.3, -0.25) is 9.52 Å². The highest BCUT2D eigenvalue weighted by Crippen LogP contribution is 2.36. The number of hydrogen-bond acceptors (Lipinski definition) is 5. The third-order valence-corrected chi connectivity index (χ3v) is 8.06. The van der Waals surface area contributed by atoms with E-state index in [1.54, 1.807) is 29.6 Å². The topological polar surface area (TPSA) is 78.5 Å². The molecule has 32 heavy (non-hydrogen) atoms. The van der Waals surface area contributed by atoms with E-state index >= 15 is 0 Å². The number of benzene rings is 2. The number of nitrogens with one attached hydrogen (secondary N) is 2. The third kappa shape index (κ3) is 4.38. The van der Waals surface area contributed by atoms with Crippen LogP contribution < -0.4 is 14.9 Å². The van der Waals surface area contributed by atoms with Gasteiger partial charge < -0.3 is 10.2 Å². The second-order valence-corrected chi connectivity index (χ2v) is 10.7. The molecule has 0 bridgehead atoms. The number of thiophene rings is 1. The van der Waals surface area contributed by atoms with Crippen LogP contribution in [0.3, 0.4) is 0 Å². The molecule has 1 aliphatic heterocycles. The van der Waals surface area contributed by atoms with Crippen molar-refractivity contribution in [3.05, 3.63) is 69.4 Å². The summed E-state index contributed by atoms with van der Waals surface area (Å²) in [6.07, 6.45) is 2.35. The average molecular weight is 470 g/mol. The van der Waals surface area contributed by atoms with Crippen molar-refractivity contribution in [2.24, 2.45) is 0 Å². The quantitative estimate of drug-likeness (QED) is 0.512. The van der Waals surface area contributed by atoms with Crippen LogP contribution in [0.5, 0.6) is 0 Å². The summed E-state index contributed by atoms with van der Waals surface area (Å²) in [5, 5.41) is 4.76. The molecule has 4 rings (SSSR count). The lowest BCUT2D eigenvalue weighted by Gasteiger charge is -2.26. The molecule has 6 nitrogen and oxygen atoms in total. The molecule has 2 aromatic carbocycles. The van der Waals surface area contributed by atoms with Crippen molar-refractivity contribution in [2.75, 3.05) is 28.0 Å². The molecule has 0 saturated carbocycles. The molecular weight excluding hydrogens is 442 g/mol. The molecule has 1 aliphatic rings. The molecule has 1 aromatic heterocycles. The maximum absolute atomic E-state index is 13.2. The standard InChI is InChI=1S/C24H27N3O3S2/c1-16-15-17(2)22(27-12-7-8-13-27)18(3)21(16)25-24(28)23-20(11-14-31-23)26-32(29,30)19-9-5-4-6-10-19/h4-6,9-11,14-15,26H,7-8,12-13H2,1-3H3,(H,25,28). The monoisotopic (exact) mass is 469 g/mol. The summed E-state index contributed by atoms with van der Waals surface area (Å²) < 4.78 is 28.0. The third-order valence-electron chi connectivity index (χ3n) is 5.76. The first-order valence-electron chi connectivity index (χ1n) is 10.6. The van der Waals surface area contributed by atoms with Gasteiger partial charge in [0.2, 0.25) is 0 Å². The number of carbonyl (C=O) groups is 1.